The van der Waals surface area contributed by atoms with Gasteiger partial charge in [0.25, 0.3) is 0 Å². The van der Waals surface area contributed by atoms with E-state index in [-0.39, 0.29) is 5.78 Å². The smallest absolute Gasteiger partial charge is 0.163 e. The van der Waals surface area contributed by atoms with E-state index in [0.29, 0.717) is 11.5 Å². The van der Waals surface area contributed by atoms with Gasteiger partial charge in [0, 0.05) is 12.1 Å². The molecule has 1 aromatic heterocycles. The molecule has 0 bridgehead atoms. The molecule has 0 atom stereocenters. The Bertz CT molecular complexity index is 397. The van der Waals surface area contributed by atoms with Crippen LogP contribution in [0.1, 0.15) is 47.6 Å². The highest BCUT2D eigenvalue weighted by atomic mass is 16.1. The Kier molecular flexibility index (Phi) is 3.29. The predicted molar refractivity (Wildman–Crippen MR) is 61.6 cm³/mol. The molecule has 1 N–H and O–H groups in total. The molecule has 2 heterocycles. The molecule has 1 aliphatic rings. The van der Waals surface area contributed by atoms with Crippen molar-refractivity contribution < 1.29 is 4.79 Å². The number of carbonyl (C=O) groups excluding carboxylic acids is 1. The van der Waals surface area contributed by atoms with E-state index in [1.54, 1.807) is 13.1 Å². The van der Waals surface area contributed by atoms with Gasteiger partial charge in [-0.3, -0.25) is 4.79 Å². The number of Topliss-reactive ketones (excluding diaryl/α,β-unsaturated/α-hetero) is 1. The lowest BCUT2D eigenvalue weighted by Crippen LogP contribution is -2.28. The van der Waals surface area contributed by atoms with Gasteiger partial charge in [0.2, 0.25) is 0 Å². The maximum Gasteiger partial charge on any atom is 0.163 e. The van der Waals surface area contributed by atoms with E-state index in [1.807, 2.05) is 6.92 Å². The molecular weight excluding hydrogens is 202 g/mol. The highest BCUT2D eigenvalue weighted by Gasteiger charge is 2.21. The van der Waals surface area contributed by atoms with E-state index < -0.39 is 0 Å². The van der Waals surface area contributed by atoms with Gasteiger partial charge in [-0.1, -0.05) is 0 Å². The molecule has 0 aliphatic carbocycles. The number of rotatable bonds is 2. The molecule has 0 radical (unpaired) electrons. The monoisotopic (exact) mass is 219 g/mol. The second-order valence-electron chi connectivity index (χ2n) is 4.30. The quantitative estimate of drug-likeness (QED) is 0.765. The first-order valence-corrected chi connectivity index (χ1v) is 5.73. The molecular formula is C12H17N3O. The summed E-state index contributed by atoms with van der Waals surface area (Å²) in [4.78, 5) is 20.1. The van der Waals surface area contributed by atoms with Crippen molar-refractivity contribution in [2.45, 2.75) is 32.6 Å². The zero-order valence-electron chi connectivity index (χ0n) is 9.79. The Morgan fingerprint density at radius 3 is 2.75 bits per heavy atom. The molecule has 0 spiro atoms. The fourth-order valence-corrected chi connectivity index (χ4v) is 2.17. The molecule has 4 nitrogen and oxygen atoms in total. The normalized spacial score (nSPS) is 17.4. The van der Waals surface area contributed by atoms with Crippen LogP contribution in [0.25, 0.3) is 0 Å². The summed E-state index contributed by atoms with van der Waals surface area (Å²) in [5.41, 5.74) is 1.64. The zero-order chi connectivity index (χ0) is 11.5. The van der Waals surface area contributed by atoms with Gasteiger partial charge < -0.3 is 5.32 Å². The molecule has 86 valence electrons. The number of aromatic nitrogens is 2. The minimum Gasteiger partial charge on any atom is -0.317 e. The van der Waals surface area contributed by atoms with E-state index in [4.69, 9.17) is 0 Å². The van der Waals surface area contributed by atoms with Gasteiger partial charge in [0.15, 0.2) is 5.78 Å². The lowest BCUT2D eigenvalue weighted by atomic mass is 9.91. The second-order valence-corrected chi connectivity index (χ2v) is 4.30. The molecule has 16 heavy (non-hydrogen) atoms. The number of piperidine rings is 1. The maximum atomic E-state index is 11.5. The lowest BCUT2D eigenvalue weighted by molar-refractivity contribution is 0.101. The summed E-state index contributed by atoms with van der Waals surface area (Å²) in [6.45, 7) is 5.46. The van der Waals surface area contributed by atoms with Crippen molar-refractivity contribution in [1.82, 2.24) is 15.3 Å². The predicted octanol–water partition coefficient (Wildman–Crippen LogP) is 1.45. The second kappa shape index (κ2) is 4.70. The van der Waals surface area contributed by atoms with Crippen LogP contribution in [0.4, 0.5) is 0 Å². The van der Waals surface area contributed by atoms with Crippen LogP contribution in [0.15, 0.2) is 6.20 Å². The van der Waals surface area contributed by atoms with Gasteiger partial charge in [0.05, 0.1) is 11.3 Å². The van der Waals surface area contributed by atoms with Crippen molar-refractivity contribution in [3.05, 3.63) is 23.3 Å². The first-order valence-electron chi connectivity index (χ1n) is 5.73. The van der Waals surface area contributed by atoms with Gasteiger partial charge in [-0.05, 0) is 39.8 Å². The van der Waals surface area contributed by atoms with Crippen molar-refractivity contribution in [3.63, 3.8) is 0 Å². The minimum absolute atomic E-state index is 0.0635. The third-order valence-electron chi connectivity index (χ3n) is 3.04. The van der Waals surface area contributed by atoms with Crippen LogP contribution in [-0.2, 0) is 0 Å². The van der Waals surface area contributed by atoms with Gasteiger partial charge in [-0.2, -0.15) is 0 Å². The molecule has 1 saturated heterocycles. The molecule has 4 heteroatoms. The highest BCUT2D eigenvalue weighted by molar-refractivity contribution is 5.95. The summed E-state index contributed by atoms with van der Waals surface area (Å²) in [6.07, 6.45) is 3.77. The summed E-state index contributed by atoms with van der Waals surface area (Å²) in [6, 6.07) is 0. The van der Waals surface area contributed by atoms with E-state index in [0.717, 1.165) is 37.4 Å². The van der Waals surface area contributed by atoms with E-state index in [9.17, 15) is 4.79 Å². The van der Waals surface area contributed by atoms with Crippen LogP contribution >= 0.6 is 0 Å². The molecule has 0 saturated carbocycles. The van der Waals surface area contributed by atoms with Crippen LogP contribution in [0.2, 0.25) is 0 Å². The van der Waals surface area contributed by atoms with Crippen molar-refractivity contribution in [2.75, 3.05) is 13.1 Å². The van der Waals surface area contributed by atoms with E-state index in [2.05, 4.69) is 15.3 Å². The first kappa shape index (κ1) is 11.2. The number of ketones is 1. The highest BCUT2D eigenvalue weighted by Crippen LogP contribution is 2.26. The summed E-state index contributed by atoms with van der Waals surface area (Å²) < 4.78 is 0. The topological polar surface area (TPSA) is 54.9 Å². The number of hydrogen-bond donors (Lipinski definition) is 1. The lowest BCUT2D eigenvalue weighted by Gasteiger charge is -2.23. The molecule has 1 fully saturated rings. The fourth-order valence-electron chi connectivity index (χ4n) is 2.17. The van der Waals surface area contributed by atoms with Crippen LogP contribution in [0.5, 0.6) is 0 Å². The average molecular weight is 219 g/mol. The molecule has 0 aromatic carbocycles. The van der Waals surface area contributed by atoms with E-state index in [1.165, 1.54) is 0 Å². The standard InChI is InChI=1S/C12H17N3O/c1-8(16)11-7-14-9(2)15-12(11)10-3-5-13-6-4-10/h7,10,13H,3-6H2,1-2H3. The van der Waals surface area contributed by atoms with Crippen LogP contribution in [0, 0.1) is 6.92 Å². The van der Waals surface area contributed by atoms with E-state index >= 15 is 0 Å². The fraction of sp³-hybridized carbons (Fsp3) is 0.583. The van der Waals surface area contributed by atoms with Crippen molar-refractivity contribution in [2.24, 2.45) is 0 Å². The van der Waals surface area contributed by atoms with Crippen molar-refractivity contribution in [1.29, 1.82) is 0 Å². The molecule has 0 unspecified atom stereocenters. The first-order chi connectivity index (χ1) is 7.68. The van der Waals surface area contributed by atoms with Crippen LogP contribution in [0.3, 0.4) is 0 Å². The molecule has 2 rings (SSSR count). The van der Waals surface area contributed by atoms with Gasteiger partial charge in [0.1, 0.15) is 5.82 Å². The Hall–Kier alpha value is -1.29. The Balaban J connectivity index is 2.36. The number of carbonyl (C=O) groups is 1. The Morgan fingerprint density at radius 1 is 1.44 bits per heavy atom. The van der Waals surface area contributed by atoms with Gasteiger partial charge in [-0.15, -0.1) is 0 Å². The summed E-state index contributed by atoms with van der Waals surface area (Å²) >= 11 is 0. The number of nitrogens with zero attached hydrogens (tertiary/aromatic N) is 2. The minimum atomic E-state index is 0.0635. The zero-order valence-corrected chi connectivity index (χ0v) is 9.79. The third kappa shape index (κ3) is 2.27. The average Bonchev–Trinajstić information content (AvgIpc) is 2.29. The van der Waals surface area contributed by atoms with Gasteiger partial charge in [-0.25, -0.2) is 9.97 Å². The van der Waals surface area contributed by atoms with Crippen LogP contribution in [-0.4, -0.2) is 28.8 Å². The largest absolute Gasteiger partial charge is 0.317 e. The number of hydrogen-bond acceptors (Lipinski definition) is 4. The summed E-state index contributed by atoms with van der Waals surface area (Å²) in [7, 11) is 0. The van der Waals surface area contributed by atoms with Crippen molar-refractivity contribution >= 4 is 5.78 Å². The summed E-state index contributed by atoms with van der Waals surface area (Å²) in [5.74, 6) is 1.22. The Labute approximate surface area is 95.5 Å². The van der Waals surface area contributed by atoms with Crippen molar-refractivity contribution in [3.8, 4) is 0 Å². The summed E-state index contributed by atoms with van der Waals surface area (Å²) in [5, 5.41) is 3.32. The Morgan fingerprint density at radius 2 is 2.12 bits per heavy atom. The van der Waals surface area contributed by atoms with Gasteiger partial charge >= 0.3 is 0 Å². The molecule has 1 aliphatic heterocycles. The number of aryl methyl sites for hydroxylation is 1. The maximum absolute atomic E-state index is 11.5. The van der Waals surface area contributed by atoms with Crippen LogP contribution < -0.4 is 5.32 Å². The molecule has 0 amide bonds. The molecule has 1 aromatic rings. The number of nitrogens with one attached hydrogen (secondary N) is 1. The SMILES string of the molecule is CC(=O)c1cnc(C)nc1C1CCNCC1. The third-order valence-corrected chi connectivity index (χ3v) is 3.04.